The minimum absolute atomic E-state index is 0.948. The molecular weight excluding hydrogens is 218 g/mol. The summed E-state index contributed by atoms with van der Waals surface area (Å²) >= 11 is 1.45. The van der Waals surface area contributed by atoms with Crippen molar-refractivity contribution in [2.75, 3.05) is 0 Å². The van der Waals surface area contributed by atoms with E-state index < -0.39 is 0 Å². The van der Waals surface area contributed by atoms with Crippen LogP contribution in [0.15, 0.2) is 35.7 Å². The molecule has 0 atom stereocenters. The second-order valence-electron chi connectivity index (χ2n) is 3.41. The quantitative estimate of drug-likeness (QED) is 0.730. The fraction of sp³-hybridized carbons (Fsp3) is 0. The van der Waals surface area contributed by atoms with Crippen LogP contribution in [0.1, 0.15) is 11.4 Å². The number of para-hydroxylation sites is 1. The molecule has 0 saturated heterocycles. The maximum Gasteiger partial charge on any atom is 0.0928 e. The molecule has 2 aromatic heterocycles. The summed E-state index contributed by atoms with van der Waals surface area (Å²) in [4.78, 5) is 0. The molecule has 3 rings (SSSR count). The molecule has 0 radical (unpaired) electrons. The van der Waals surface area contributed by atoms with Gasteiger partial charge in [0.2, 0.25) is 0 Å². The molecule has 0 aliphatic carbocycles. The third-order valence-corrected chi connectivity index (χ3v) is 2.94. The van der Waals surface area contributed by atoms with Crippen LogP contribution in [-0.2, 0) is 0 Å². The second kappa shape index (κ2) is 3.90. The summed E-state index contributed by atoms with van der Waals surface area (Å²) in [5.41, 5.74) is 2.97. The minimum atomic E-state index is 0.948. The molecule has 0 bridgehead atoms. The van der Waals surface area contributed by atoms with Crippen molar-refractivity contribution in [1.29, 1.82) is 0 Å². The summed E-state index contributed by atoms with van der Waals surface area (Å²) in [6.45, 7) is 0. The summed E-state index contributed by atoms with van der Waals surface area (Å²) in [7, 11) is 0. The van der Waals surface area contributed by atoms with Crippen LogP contribution in [-0.4, -0.2) is 14.6 Å². The average Bonchev–Trinajstić information content (AvgIpc) is 2.96. The highest BCUT2D eigenvalue weighted by Gasteiger charge is 2.00. The number of benzene rings is 1. The standard InChI is InChI=1S/C12H9N3S/c1-2-4-11-10(3-1)12(14-13-11)6-5-9-7-8-16-15-9/h1-8H,(H,13,14)/b6-5+. The van der Waals surface area contributed by atoms with Gasteiger partial charge in [0, 0.05) is 10.8 Å². The molecule has 16 heavy (non-hydrogen) atoms. The Morgan fingerprint density at radius 3 is 2.94 bits per heavy atom. The van der Waals surface area contributed by atoms with Gasteiger partial charge < -0.3 is 0 Å². The molecule has 2 heterocycles. The lowest BCUT2D eigenvalue weighted by atomic mass is 10.2. The maximum absolute atomic E-state index is 4.26. The third kappa shape index (κ3) is 1.63. The Bertz CT molecular complexity index is 623. The zero-order valence-corrected chi connectivity index (χ0v) is 9.24. The first-order valence-corrected chi connectivity index (χ1v) is 5.79. The highest BCUT2D eigenvalue weighted by atomic mass is 32.1. The summed E-state index contributed by atoms with van der Waals surface area (Å²) in [6.07, 6.45) is 3.95. The van der Waals surface area contributed by atoms with E-state index in [1.807, 2.05) is 41.8 Å². The smallest absolute Gasteiger partial charge is 0.0928 e. The Morgan fingerprint density at radius 2 is 2.06 bits per heavy atom. The molecule has 1 N–H and O–H groups in total. The molecule has 0 fully saturated rings. The van der Waals surface area contributed by atoms with Gasteiger partial charge in [-0.05, 0) is 35.8 Å². The number of hydrogen-bond donors (Lipinski definition) is 1. The van der Waals surface area contributed by atoms with E-state index in [1.165, 1.54) is 11.5 Å². The van der Waals surface area contributed by atoms with Crippen LogP contribution in [0.3, 0.4) is 0 Å². The van der Waals surface area contributed by atoms with Crippen molar-refractivity contribution in [2.24, 2.45) is 0 Å². The number of aromatic nitrogens is 3. The van der Waals surface area contributed by atoms with E-state index >= 15 is 0 Å². The molecule has 0 saturated carbocycles. The molecule has 78 valence electrons. The normalized spacial score (nSPS) is 11.5. The highest BCUT2D eigenvalue weighted by Crippen LogP contribution is 2.17. The molecule has 3 nitrogen and oxygen atoms in total. The van der Waals surface area contributed by atoms with E-state index in [9.17, 15) is 0 Å². The summed E-state index contributed by atoms with van der Waals surface area (Å²) in [5.74, 6) is 0. The number of nitrogens with zero attached hydrogens (tertiary/aromatic N) is 2. The maximum atomic E-state index is 4.26. The van der Waals surface area contributed by atoms with Crippen molar-refractivity contribution in [3.63, 3.8) is 0 Å². The number of hydrogen-bond acceptors (Lipinski definition) is 3. The summed E-state index contributed by atoms with van der Waals surface area (Å²) < 4.78 is 4.21. The molecule has 3 aromatic rings. The monoisotopic (exact) mass is 227 g/mol. The van der Waals surface area contributed by atoms with Gasteiger partial charge in [0.25, 0.3) is 0 Å². The van der Waals surface area contributed by atoms with E-state index in [0.717, 1.165) is 22.3 Å². The third-order valence-electron chi connectivity index (χ3n) is 2.37. The van der Waals surface area contributed by atoms with Crippen molar-refractivity contribution < 1.29 is 0 Å². The molecule has 0 aliphatic rings. The Balaban J connectivity index is 2.01. The van der Waals surface area contributed by atoms with Gasteiger partial charge >= 0.3 is 0 Å². The van der Waals surface area contributed by atoms with E-state index in [-0.39, 0.29) is 0 Å². The zero-order chi connectivity index (χ0) is 10.8. The number of nitrogens with one attached hydrogen (secondary N) is 1. The Morgan fingerprint density at radius 1 is 1.12 bits per heavy atom. The highest BCUT2D eigenvalue weighted by molar-refractivity contribution is 7.03. The molecular formula is C12H9N3S. The lowest BCUT2D eigenvalue weighted by molar-refractivity contribution is 1.11. The Kier molecular flexibility index (Phi) is 2.27. The Hall–Kier alpha value is -1.94. The summed E-state index contributed by atoms with van der Waals surface area (Å²) in [6, 6.07) is 10.1. The minimum Gasteiger partial charge on any atom is -0.277 e. The predicted molar refractivity (Wildman–Crippen MR) is 67.1 cm³/mol. The number of fused-ring (bicyclic) bond motifs is 1. The van der Waals surface area contributed by atoms with Crippen molar-refractivity contribution >= 4 is 34.6 Å². The fourth-order valence-corrected chi connectivity index (χ4v) is 2.09. The number of aromatic amines is 1. The summed E-state index contributed by atoms with van der Waals surface area (Å²) in [5, 5.41) is 10.4. The molecule has 4 heteroatoms. The molecule has 0 unspecified atom stereocenters. The molecule has 0 amide bonds. The van der Waals surface area contributed by atoms with Gasteiger partial charge in [-0.2, -0.15) is 9.47 Å². The lowest BCUT2D eigenvalue weighted by Gasteiger charge is -1.87. The van der Waals surface area contributed by atoms with Gasteiger partial charge in [0.15, 0.2) is 0 Å². The second-order valence-corrected chi connectivity index (χ2v) is 4.08. The van der Waals surface area contributed by atoms with Crippen LogP contribution in [0.2, 0.25) is 0 Å². The SMILES string of the molecule is C(=C\c1n[nH]c2ccccc12)/c1ccsn1. The first-order valence-electron chi connectivity index (χ1n) is 4.95. The largest absolute Gasteiger partial charge is 0.277 e. The number of rotatable bonds is 2. The van der Waals surface area contributed by atoms with Gasteiger partial charge in [0.1, 0.15) is 0 Å². The van der Waals surface area contributed by atoms with Crippen LogP contribution in [0.4, 0.5) is 0 Å². The van der Waals surface area contributed by atoms with Crippen LogP contribution in [0, 0.1) is 0 Å². The van der Waals surface area contributed by atoms with E-state index in [2.05, 4.69) is 20.6 Å². The van der Waals surface area contributed by atoms with Crippen molar-refractivity contribution in [1.82, 2.24) is 14.6 Å². The van der Waals surface area contributed by atoms with Crippen molar-refractivity contribution in [3.8, 4) is 0 Å². The Labute approximate surface area is 96.6 Å². The lowest BCUT2D eigenvalue weighted by Crippen LogP contribution is -1.72. The molecule has 0 aliphatic heterocycles. The fourth-order valence-electron chi connectivity index (χ4n) is 1.58. The average molecular weight is 227 g/mol. The van der Waals surface area contributed by atoms with Crippen LogP contribution < -0.4 is 0 Å². The first-order chi connectivity index (χ1) is 7.93. The molecule has 0 spiro atoms. The van der Waals surface area contributed by atoms with E-state index in [1.54, 1.807) is 0 Å². The van der Waals surface area contributed by atoms with E-state index in [0.29, 0.717) is 0 Å². The van der Waals surface area contributed by atoms with Gasteiger partial charge in [0.05, 0.1) is 16.9 Å². The predicted octanol–water partition coefficient (Wildman–Crippen LogP) is 3.19. The first kappa shape index (κ1) is 9.30. The van der Waals surface area contributed by atoms with Gasteiger partial charge in [-0.3, -0.25) is 5.10 Å². The van der Waals surface area contributed by atoms with Crippen LogP contribution >= 0.6 is 11.5 Å². The molecule has 1 aromatic carbocycles. The van der Waals surface area contributed by atoms with Crippen molar-refractivity contribution in [2.45, 2.75) is 0 Å². The van der Waals surface area contributed by atoms with Gasteiger partial charge in [-0.1, -0.05) is 18.2 Å². The van der Waals surface area contributed by atoms with Crippen molar-refractivity contribution in [3.05, 3.63) is 47.1 Å². The van der Waals surface area contributed by atoms with Crippen LogP contribution in [0.5, 0.6) is 0 Å². The van der Waals surface area contributed by atoms with E-state index in [4.69, 9.17) is 0 Å². The van der Waals surface area contributed by atoms with Gasteiger partial charge in [-0.25, -0.2) is 0 Å². The topological polar surface area (TPSA) is 41.6 Å². The number of H-pyrrole nitrogens is 1. The van der Waals surface area contributed by atoms with Crippen LogP contribution in [0.25, 0.3) is 23.1 Å². The zero-order valence-electron chi connectivity index (χ0n) is 8.42. The van der Waals surface area contributed by atoms with Gasteiger partial charge in [-0.15, -0.1) is 0 Å².